The average Bonchev–Trinajstić information content (AvgIpc) is 2.40. The Hall–Kier alpha value is -1.67. The number of hydrogen-bond acceptors (Lipinski definition) is 3. The third-order valence-electron chi connectivity index (χ3n) is 3.93. The first kappa shape index (κ1) is 19.3. The van der Waals surface area contributed by atoms with E-state index in [-0.39, 0.29) is 5.69 Å². The highest BCUT2D eigenvalue weighted by Gasteiger charge is 2.41. The van der Waals surface area contributed by atoms with Gasteiger partial charge >= 0.3 is 0 Å². The molecule has 2 N–H and O–H groups in total. The van der Waals surface area contributed by atoms with E-state index in [4.69, 9.17) is 12.2 Å². The van der Waals surface area contributed by atoms with Gasteiger partial charge < -0.3 is 5.73 Å². The summed E-state index contributed by atoms with van der Waals surface area (Å²) < 4.78 is 0. The molecule has 0 saturated heterocycles. The third-order valence-corrected chi connectivity index (χ3v) is 10.2. The molecular formula is C16H27N3OSi. The van der Waals surface area contributed by atoms with Crippen molar-refractivity contribution >= 4 is 14.0 Å². The van der Waals surface area contributed by atoms with E-state index >= 15 is 0 Å². The first-order valence-corrected chi connectivity index (χ1v) is 9.46. The second kappa shape index (κ2) is 8.58. The van der Waals surface area contributed by atoms with Crippen molar-refractivity contribution in [2.24, 2.45) is 5.73 Å². The average molecular weight is 305 g/mol. The van der Waals surface area contributed by atoms with Crippen molar-refractivity contribution in [1.29, 1.82) is 0 Å². The summed E-state index contributed by atoms with van der Waals surface area (Å²) in [5, 5.41) is 0. The Morgan fingerprint density at radius 2 is 1.62 bits per heavy atom. The van der Waals surface area contributed by atoms with E-state index < -0.39 is 14.0 Å². The van der Waals surface area contributed by atoms with Gasteiger partial charge in [-0.15, -0.1) is 12.0 Å². The maximum Gasteiger partial charge on any atom is 0.268 e. The molecule has 0 fully saturated rings. The van der Waals surface area contributed by atoms with Crippen LogP contribution in [0.3, 0.4) is 0 Å². The molecule has 0 bridgehead atoms. The van der Waals surface area contributed by atoms with Gasteiger partial charge in [0.25, 0.3) is 5.91 Å². The van der Waals surface area contributed by atoms with Gasteiger partial charge in [-0.3, -0.25) is 9.78 Å². The van der Waals surface area contributed by atoms with Crippen molar-refractivity contribution in [1.82, 2.24) is 9.97 Å². The Morgan fingerprint density at radius 1 is 1.14 bits per heavy atom. The summed E-state index contributed by atoms with van der Waals surface area (Å²) >= 11 is 0. The summed E-state index contributed by atoms with van der Waals surface area (Å²) in [5.74, 6) is -0.553. The summed E-state index contributed by atoms with van der Waals surface area (Å²) in [6, 6.07) is 0. The van der Waals surface area contributed by atoms with Crippen LogP contribution in [0.4, 0.5) is 0 Å². The van der Waals surface area contributed by atoms with Crippen LogP contribution in [0, 0.1) is 12.0 Å². The van der Waals surface area contributed by atoms with Gasteiger partial charge in [0.05, 0.1) is 6.20 Å². The lowest BCUT2D eigenvalue weighted by Gasteiger charge is -2.37. The molecular weight excluding hydrogens is 278 g/mol. The minimum atomic E-state index is -1.47. The molecule has 0 aliphatic heterocycles. The Labute approximate surface area is 129 Å². The molecule has 1 amide bonds. The molecule has 1 rings (SSSR count). The highest BCUT2D eigenvalue weighted by Crippen LogP contribution is 2.40. The molecule has 0 aliphatic rings. The number of carbonyl (C=O) groups is 1. The summed E-state index contributed by atoms with van der Waals surface area (Å²) in [6.07, 6.45) is 9.94. The Morgan fingerprint density at radius 3 is 1.76 bits per heavy atom. The Kier molecular flexibility index (Phi) is 7.89. The summed E-state index contributed by atoms with van der Waals surface area (Å²) in [7, 11) is -1.47. The molecule has 21 heavy (non-hydrogen) atoms. The van der Waals surface area contributed by atoms with Gasteiger partial charge in [-0.05, 0) is 16.6 Å². The fourth-order valence-corrected chi connectivity index (χ4v) is 7.93. The topological polar surface area (TPSA) is 68.9 Å². The van der Waals surface area contributed by atoms with Crippen molar-refractivity contribution in [3.05, 3.63) is 24.3 Å². The highest BCUT2D eigenvalue weighted by atomic mass is 28.3. The van der Waals surface area contributed by atoms with Crippen LogP contribution in [0.2, 0.25) is 16.6 Å². The molecule has 5 heteroatoms. The largest absolute Gasteiger partial charge is 0.364 e. The molecule has 0 aliphatic carbocycles. The maximum atomic E-state index is 10.3. The van der Waals surface area contributed by atoms with Crippen LogP contribution in [-0.4, -0.2) is 23.9 Å². The Balaban J connectivity index is 0.000000394. The molecule has 0 saturated carbocycles. The number of carbonyl (C=O) groups excluding carboxylic acids is 1. The molecule has 0 spiro atoms. The van der Waals surface area contributed by atoms with E-state index in [0.717, 1.165) is 0 Å². The number of aromatic nitrogens is 2. The number of amides is 1. The zero-order valence-corrected chi connectivity index (χ0v) is 14.9. The van der Waals surface area contributed by atoms with Crippen LogP contribution in [0.25, 0.3) is 0 Å². The standard InChI is InChI=1S/C11H22Si.C5H5N3O/c1-8-12(9(2)3,10(4)5)11(6)7;6-5(9)4-3-7-1-2-8-4/h1,9-11H,2-7H3;1-3H,(H2,6,9). The van der Waals surface area contributed by atoms with Crippen molar-refractivity contribution in [2.75, 3.05) is 0 Å². The minimum Gasteiger partial charge on any atom is -0.364 e. The molecule has 0 radical (unpaired) electrons. The minimum absolute atomic E-state index is 0.192. The smallest absolute Gasteiger partial charge is 0.268 e. The zero-order valence-electron chi connectivity index (χ0n) is 13.9. The summed E-state index contributed by atoms with van der Waals surface area (Å²) in [4.78, 5) is 17.6. The van der Waals surface area contributed by atoms with Gasteiger partial charge in [-0.25, -0.2) is 4.98 Å². The quantitative estimate of drug-likeness (QED) is 0.684. The van der Waals surface area contributed by atoms with Gasteiger partial charge in [0.1, 0.15) is 13.8 Å². The number of hydrogen-bond donors (Lipinski definition) is 1. The van der Waals surface area contributed by atoms with Crippen molar-refractivity contribution in [2.45, 2.75) is 58.2 Å². The molecule has 4 nitrogen and oxygen atoms in total. The van der Waals surface area contributed by atoms with Crippen molar-refractivity contribution in [3.63, 3.8) is 0 Å². The lowest BCUT2D eigenvalue weighted by atomic mass is 10.4. The van der Waals surface area contributed by atoms with Gasteiger partial charge in [0.15, 0.2) is 0 Å². The van der Waals surface area contributed by atoms with Gasteiger partial charge in [-0.1, -0.05) is 41.5 Å². The van der Waals surface area contributed by atoms with Crippen LogP contribution in [0.5, 0.6) is 0 Å². The second-order valence-electron chi connectivity index (χ2n) is 6.00. The summed E-state index contributed by atoms with van der Waals surface area (Å²) in [6.45, 7) is 13.7. The van der Waals surface area contributed by atoms with Crippen molar-refractivity contribution in [3.8, 4) is 12.0 Å². The van der Waals surface area contributed by atoms with Crippen molar-refractivity contribution < 1.29 is 4.79 Å². The fourth-order valence-electron chi connectivity index (χ4n) is 2.93. The molecule has 0 atom stereocenters. The van der Waals surface area contributed by atoms with Crippen LogP contribution in [0.1, 0.15) is 52.0 Å². The molecule has 116 valence electrons. The first-order valence-electron chi connectivity index (χ1n) is 7.23. The number of terminal acetylenes is 1. The highest BCUT2D eigenvalue weighted by molar-refractivity contribution is 6.90. The first-order chi connectivity index (χ1) is 9.70. The van der Waals surface area contributed by atoms with Crippen LogP contribution < -0.4 is 5.73 Å². The molecule has 1 heterocycles. The van der Waals surface area contributed by atoms with Crippen LogP contribution in [-0.2, 0) is 0 Å². The SMILES string of the molecule is C#C[Si](C(C)C)(C(C)C)C(C)C.NC(=O)c1cnccn1. The normalized spacial score (nSPS) is 11.0. The lowest BCUT2D eigenvalue weighted by molar-refractivity contribution is 0.0995. The number of primary amides is 1. The van der Waals surface area contributed by atoms with E-state index in [2.05, 4.69) is 57.1 Å². The number of nitrogens with two attached hydrogens (primary N) is 1. The predicted molar refractivity (Wildman–Crippen MR) is 90.4 cm³/mol. The van der Waals surface area contributed by atoms with Crippen LogP contribution >= 0.6 is 0 Å². The van der Waals surface area contributed by atoms with E-state index in [1.165, 1.54) is 18.6 Å². The van der Waals surface area contributed by atoms with E-state index in [0.29, 0.717) is 16.6 Å². The number of nitrogens with zero attached hydrogens (tertiary/aromatic N) is 2. The van der Waals surface area contributed by atoms with Gasteiger partial charge in [0.2, 0.25) is 0 Å². The van der Waals surface area contributed by atoms with Gasteiger partial charge in [-0.2, -0.15) is 0 Å². The van der Waals surface area contributed by atoms with E-state index in [1.807, 2.05) is 0 Å². The summed E-state index contributed by atoms with van der Waals surface area (Å²) in [5.41, 5.74) is 10.3. The lowest BCUT2D eigenvalue weighted by Crippen LogP contribution is -2.43. The third kappa shape index (κ3) is 4.98. The number of rotatable bonds is 4. The molecule has 1 aromatic rings. The van der Waals surface area contributed by atoms with Crippen LogP contribution in [0.15, 0.2) is 18.6 Å². The Bertz CT molecular complexity index is 456. The maximum absolute atomic E-state index is 10.3. The van der Waals surface area contributed by atoms with Gasteiger partial charge in [0, 0.05) is 12.4 Å². The molecule has 0 unspecified atom stereocenters. The van der Waals surface area contributed by atoms with E-state index in [9.17, 15) is 4.79 Å². The zero-order chi connectivity index (χ0) is 16.6. The monoisotopic (exact) mass is 305 g/mol. The molecule has 1 aromatic heterocycles. The predicted octanol–water partition coefficient (Wildman–Crippen LogP) is 3.41. The second-order valence-corrected chi connectivity index (χ2v) is 11.6. The fraction of sp³-hybridized carbons (Fsp3) is 0.562. The van der Waals surface area contributed by atoms with E-state index in [1.54, 1.807) is 0 Å². The molecule has 0 aromatic carbocycles.